The Morgan fingerprint density at radius 1 is 1.19 bits per heavy atom. The number of fused-ring (bicyclic) bond motifs is 1. The van der Waals surface area contributed by atoms with Gasteiger partial charge in [0, 0.05) is 6.04 Å². The SMILES string of the molecule is CC[C@H](CO)Nc1nc(OCc2ccccc2)c2ncn(C(C)C)c2n1. The molecule has 0 aliphatic rings. The van der Waals surface area contributed by atoms with Gasteiger partial charge in [-0.3, -0.25) is 0 Å². The van der Waals surface area contributed by atoms with Crippen LogP contribution in [0.2, 0.25) is 0 Å². The maximum absolute atomic E-state index is 9.46. The molecule has 138 valence electrons. The first-order valence-corrected chi connectivity index (χ1v) is 8.91. The summed E-state index contributed by atoms with van der Waals surface area (Å²) in [4.78, 5) is 13.5. The van der Waals surface area contributed by atoms with Gasteiger partial charge in [-0.2, -0.15) is 9.97 Å². The van der Waals surface area contributed by atoms with Gasteiger partial charge < -0.3 is 19.7 Å². The predicted octanol–water partition coefficient (Wildman–Crippen LogP) is 3.17. The minimum Gasteiger partial charge on any atom is -0.471 e. The van der Waals surface area contributed by atoms with Crippen molar-refractivity contribution in [2.45, 2.75) is 45.9 Å². The highest BCUT2D eigenvalue weighted by atomic mass is 16.5. The van der Waals surface area contributed by atoms with E-state index in [1.165, 1.54) is 0 Å². The lowest BCUT2D eigenvalue weighted by atomic mass is 10.2. The Balaban J connectivity index is 1.96. The summed E-state index contributed by atoms with van der Waals surface area (Å²) in [5.41, 5.74) is 2.41. The third kappa shape index (κ3) is 3.94. The van der Waals surface area contributed by atoms with Crippen LogP contribution in [0, 0.1) is 0 Å². The number of anilines is 1. The maximum atomic E-state index is 9.46. The third-order valence-corrected chi connectivity index (χ3v) is 4.21. The van der Waals surface area contributed by atoms with Gasteiger partial charge in [-0.05, 0) is 25.8 Å². The zero-order valence-electron chi connectivity index (χ0n) is 15.4. The molecule has 0 bridgehead atoms. The molecule has 3 aromatic rings. The molecule has 7 heteroatoms. The van der Waals surface area contributed by atoms with E-state index in [2.05, 4.69) is 34.1 Å². The number of benzene rings is 1. The van der Waals surface area contributed by atoms with Crippen LogP contribution >= 0.6 is 0 Å². The molecule has 0 spiro atoms. The number of rotatable bonds is 8. The van der Waals surface area contributed by atoms with Gasteiger partial charge in [0.1, 0.15) is 6.61 Å². The van der Waals surface area contributed by atoms with Gasteiger partial charge >= 0.3 is 0 Å². The number of aliphatic hydroxyl groups excluding tert-OH is 1. The number of aliphatic hydroxyl groups is 1. The molecule has 2 heterocycles. The van der Waals surface area contributed by atoms with Crippen LogP contribution in [0.5, 0.6) is 5.88 Å². The van der Waals surface area contributed by atoms with E-state index in [4.69, 9.17) is 4.74 Å². The van der Waals surface area contributed by atoms with Crippen molar-refractivity contribution in [2.24, 2.45) is 0 Å². The van der Waals surface area contributed by atoms with Crippen molar-refractivity contribution in [3.63, 3.8) is 0 Å². The van der Waals surface area contributed by atoms with E-state index in [0.717, 1.165) is 12.0 Å². The second-order valence-corrected chi connectivity index (χ2v) is 6.48. The van der Waals surface area contributed by atoms with E-state index in [1.54, 1.807) is 6.33 Å². The molecule has 3 rings (SSSR count). The van der Waals surface area contributed by atoms with Crippen molar-refractivity contribution in [2.75, 3.05) is 11.9 Å². The molecule has 26 heavy (non-hydrogen) atoms. The molecule has 0 saturated heterocycles. The predicted molar refractivity (Wildman–Crippen MR) is 101 cm³/mol. The Hall–Kier alpha value is -2.67. The average molecular weight is 355 g/mol. The molecule has 0 aliphatic carbocycles. The largest absolute Gasteiger partial charge is 0.471 e. The van der Waals surface area contributed by atoms with E-state index in [9.17, 15) is 5.11 Å². The fourth-order valence-electron chi connectivity index (χ4n) is 2.62. The van der Waals surface area contributed by atoms with Crippen molar-refractivity contribution in [1.82, 2.24) is 19.5 Å². The number of ether oxygens (including phenoxy) is 1. The van der Waals surface area contributed by atoms with Gasteiger partial charge in [0.15, 0.2) is 11.2 Å². The molecule has 0 fully saturated rings. The molecule has 2 aromatic heterocycles. The maximum Gasteiger partial charge on any atom is 0.247 e. The zero-order chi connectivity index (χ0) is 18.5. The number of imidazole rings is 1. The fourth-order valence-corrected chi connectivity index (χ4v) is 2.62. The Morgan fingerprint density at radius 2 is 1.96 bits per heavy atom. The van der Waals surface area contributed by atoms with E-state index < -0.39 is 0 Å². The molecule has 0 aliphatic heterocycles. The number of hydrogen-bond donors (Lipinski definition) is 2. The van der Waals surface area contributed by atoms with Crippen molar-refractivity contribution in [3.8, 4) is 5.88 Å². The van der Waals surface area contributed by atoms with Crippen molar-refractivity contribution in [1.29, 1.82) is 0 Å². The first kappa shape index (κ1) is 18.1. The smallest absolute Gasteiger partial charge is 0.247 e. The molecule has 1 aromatic carbocycles. The number of aromatic nitrogens is 4. The van der Waals surface area contributed by atoms with Crippen LogP contribution in [0.4, 0.5) is 5.95 Å². The summed E-state index contributed by atoms with van der Waals surface area (Å²) in [6.07, 6.45) is 2.52. The second kappa shape index (κ2) is 8.14. The van der Waals surface area contributed by atoms with Crippen LogP contribution < -0.4 is 10.1 Å². The van der Waals surface area contributed by atoms with Gasteiger partial charge in [-0.15, -0.1) is 0 Å². The van der Waals surface area contributed by atoms with Crippen LogP contribution in [0.25, 0.3) is 11.2 Å². The monoisotopic (exact) mass is 355 g/mol. The average Bonchev–Trinajstić information content (AvgIpc) is 3.09. The Labute approximate surface area is 153 Å². The minimum atomic E-state index is -0.107. The molecule has 0 saturated carbocycles. The number of nitrogens with one attached hydrogen (secondary N) is 1. The molecule has 0 radical (unpaired) electrons. The summed E-state index contributed by atoms with van der Waals surface area (Å²) >= 11 is 0. The lowest BCUT2D eigenvalue weighted by molar-refractivity contribution is 0.270. The standard InChI is InChI=1S/C19H25N5O2/c1-4-15(10-25)21-19-22-17-16(20-12-24(17)13(2)3)18(23-19)26-11-14-8-6-5-7-9-14/h5-9,12-13,15,25H,4,10-11H2,1-3H3,(H,21,22,23)/t15-/m1/s1. The summed E-state index contributed by atoms with van der Waals surface area (Å²) in [6.45, 7) is 6.56. The van der Waals surface area contributed by atoms with E-state index >= 15 is 0 Å². The van der Waals surface area contributed by atoms with E-state index in [1.807, 2.05) is 41.8 Å². The quantitative estimate of drug-likeness (QED) is 0.645. The summed E-state index contributed by atoms with van der Waals surface area (Å²) in [6, 6.07) is 10.0. The van der Waals surface area contributed by atoms with Crippen LogP contribution in [-0.2, 0) is 6.61 Å². The molecule has 7 nitrogen and oxygen atoms in total. The minimum absolute atomic E-state index is 0.0154. The highest BCUT2D eigenvalue weighted by Crippen LogP contribution is 2.26. The highest BCUT2D eigenvalue weighted by molar-refractivity contribution is 5.78. The highest BCUT2D eigenvalue weighted by Gasteiger charge is 2.17. The lowest BCUT2D eigenvalue weighted by Crippen LogP contribution is -2.24. The van der Waals surface area contributed by atoms with Crippen LogP contribution in [0.15, 0.2) is 36.7 Å². The molecule has 0 unspecified atom stereocenters. The summed E-state index contributed by atoms with van der Waals surface area (Å²) < 4.78 is 7.94. The van der Waals surface area contributed by atoms with Crippen LogP contribution in [0.3, 0.4) is 0 Å². The summed E-state index contributed by atoms with van der Waals surface area (Å²) in [5.74, 6) is 0.873. The Morgan fingerprint density at radius 3 is 2.62 bits per heavy atom. The van der Waals surface area contributed by atoms with E-state index in [0.29, 0.717) is 29.6 Å². The van der Waals surface area contributed by atoms with Crippen molar-refractivity contribution < 1.29 is 9.84 Å². The van der Waals surface area contributed by atoms with Crippen molar-refractivity contribution in [3.05, 3.63) is 42.2 Å². The van der Waals surface area contributed by atoms with Gasteiger partial charge in [-0.1, -0.05) is 37.3 Å². The Kier molecular flexibility index (Phi) is 5.68. The number of nitrogens with zero attached hydrogens (tertiary/aromatic N) is 4. The first-order chi connectivity index (χ1) is 12.6. The summed E-state index contributed by atoms with van der Waals surface area (Å²) in [5, 5.41) is 12.6. The topological polar surface area (TPSA) is 85.1 Å². The van der Waals surface area contributed by atoms with Crippen LogP contribution in [-0.4, -0.2) is 37.3 Å². The van der Waals surface area contributed by atoms with Gasteiger partial charge in [0.2, 0.25) is 11.8 Å². The Bertz CT molecular complexity index is 844. The molecular weight excluding hydrogens is 330 g/mol. The van der Waals surface area contributed by atoms with Gasteiger partial charge in [0.05, 0.1) is 19.0 Å². The third-order valence-electron chi connectivity index (χ3n) is 4.21. The lowest BCUT2D eigenvalue weighted by Gasteiger charge is -2.16. The van der Waals surface area contributed by atoms with Crippen LogP contribution in [0.1, 0.15) is 38.8 Å². The van der Waals surface area contributed by atoms with Crippen molar-refractivity contribution >= 4 is 17.1 Å². The molecule has 1 atom stereocenters. The second-order valence-electron chi connectivity index (χ2n) is 6.48. The first-order valence-electron chi connectivity index (χ1n) is 8.91. The number of hydrogen-bond acceptors (Lipinski definition) is 6. The molecular formula is C19H25N5O2. The fraction of sp³-hybridized carbons (Fsp3) is 0.421. The molecule has 2 N–H and O–H groups in total. The van der Waals surface area contributed by atoms with E-state index in [-0.39, 0.29) is 18.7 Å². The van der Waals surface area contributed by atoms with Gasteiger partial charge in [0.25, 0.3) is 0 Å². The summed E-state index contributed by atoms with van der Waals surface area (Å²) in [7, 11) is 0. The van der Waals surface area contributed by atoms with Gasteiger partial charge in [-0.25, -0.2) is 4.98 Å². The zero-order valence-corrected chi connectivity index (χ0v) is 15.4. The normalized spacial score (nSPS) is 12.5. The molecule has 0 amide bonds.